The van der Waals surface area contributed by atoms with E-state index in [4.69, 9.17) is 0 Å². The molecule has 0 atom stereocenters. The lowest BCUT2D eigenvalue weighted by atomic mass is 10.1. The van der Waals surface area contributed by atoms with Crippen LogP contribution in [0.2, 0.25) is 0 Å². The first-order valence-electron chi connectivity index (χ1n) is 7.99. The number of carbonyl (C=O) groups is 2. The fraction of sp³-hybridized carbons (Fsp3) is 0.211. The predicted octanol–water partition coefficient (Wildman–Crippen LogP) is 3.60. The highest BCUT2D eigenvalue weighted by Gasteiger charge is 2.22. The average Bonchev–Trinajstić information content (AvgIpc) is 3.03. The third-order valence-electron chi connectivity index (χ3n) is 3.88. The Morgan fingerprint density at radius 2 is 1.67 bits per heavy atom. The van der Waals surface area contributed by atoms with Crippen molar-refractivity contribution < 1.29 is 9.59 Å². The van der Waals surface area contributed by atoms with Gasteiger partial charge in [-0.2, -0.15) is 4.99 Å². The van der Waals surface area contributed by atoms with E-state index in [1.54, 1.807) is 12.1 Å². The maximum Gasteiger partial charge on any atom is 0.347 e. The molecule has 1 fully saturated rings. The molecule has 2 aromatic carbocycles. The minimum Gasteiger partial charge on any atom is -0.352 e. The van der Waals surface area contributed by atoms with E-state index in [1.165, 1.54) is 0 Å². The average molecular weight is 321 g/mol. The van der Waals surface area contributed by atoms with Gasteiger partial charge in [-0.05, 0) is 18.6 Å². The van der Waals surface area contributed by atoms with Crippen LogP contribution in [0.1, 0.15) is 23.2 Å². The fourth-order valence-corrected chi connectivity index (χ4v) is 2.69. The summed E-state index contributed by atoms with van der Waals surface area (Å²) in [5.41, 5.74) is 1.38. The monoisotopic (exact) mass is 321 g/mol. The highest BCUT2D eigenvalue weighted by molar-refractivity contribution is 6.03. The summed E-state index contributed by atoms with van der Waals surface area (Å²) in [5, 5.41) is 2.74. The maximum atomic E-state index is 12.3. The Morgan fingerprint density at radius 1 is 1.00 bits per heavy atom. The number of anilines is 1. The molecule has 1 N–H and O–H groups in total. The van der Waals surface area contributed by atoms with Gasteiger partial charge in [0.15, 0.2) is 5.78 Å². The molecular formula is C19H19N3O2. The van der Waals surface area contributed by atoms with E-state index >= 15 is 0 Å². The molecule has 0 spiro atoms. The van der Waals surface area contributed by atoms with Gasteiger partial charge in [-0.25, -0.2) is 4.79 Å². The molecular weight excluding hydrogens is 302 g/mol. The molecule has 0 aliphatic carbocycles. The number of rotatable bonds is 4. The Balaban J connectivity index is 1.64. The summed E-state index contributed by atoms with van der Waals surface area (Å²) in [4.78, 5) is 30.4. The number of Topliss-reactive ketones (excluding diaryl/α,β-unsaturated/α-hetero) is 1. The second-order valence-electron chi connectivity index (χ2n) is 5.64. The molecule has 1 heterocycles. The van der Waals surface area contributed by atoms with Crippen LogP contribution in [0.5, 0.6) is 0 Å². The van der Waals surface area contributed by atoms with E-state index in [-0.39, 0.29) is 12.3 Å². The van der Waals surface area contributed by atoms with Gasteiger partial charge in [0.25, 0.3) is 0 Å². The molecule has 3 rings (SSSR count). The number of nitrogens with zero attached hydrogens (tertiary/aromatic N) is 2. The smallest absolute Gasteiger partial charge is 0.347 e. The quantitative estimate of drug-likeness (QED) is 0.875. The van der Waals surface area contributed by atoms with E-state index in [2.05, 4.69) is 10.3 Å². The van der Waals surface area contributed by atoms with Crippen molar-refractivity contribution in [1.82, 2.24) is 4.90 Å². The molecule has 122 valence electrons. The van der Waals surface area contributed by atoms with Crippen LogP contribution in [0, 0.1) is 0 Å². The van der Waals surface area contributed by atoms with Crippen LogP contribution in [0.3, 0.4) is 0 Å². The van der Waals surface area contributed by atoms with Gasteiger partial charge >= 0.3 is 6.03 Å². The number of hydrogen-bond acceptors (Lipinski definition) is 2. The van der Waals surface area contributed by atoms with Gasteiger partial charge in [0, 0.05) is 24.2 Å². The van der Waals surface area contributed by atoms with Crippen LogP contribution in [-0.2, 0) is 0 Å². The second-order valence-corrected chi connectivity index (χ2v) is 5.64. The van der Waals surface area contributed by atoms with Crippen molar-refractivity contribution in [3.63, 3.8) is 0 Å². The zero-order valence-corrected chi connectivity index (χ0v) is 13.3. The van der Waals surface area contributed by atoms with Crippen molar-refractivity contribution in [1.29, 1.82) is 0 Å². The van der Waals surface area contributed by atoms with Crippen molar-refractivity contribution >= 4 is 23.3 Å². The second kappa shape index (κ2) is 7.55. The lowest BCUT2D eigenvalue weighted by Gasteiger charge is -2.17. The number of nitrogens with one attached hydrogen (secondary N) is 1. The third-order valence-corrected chi connectivity index (χ3v) is 3.88. The minimum absolute atomic E-state index is 0.0358. The van der Waals surface area contributed by atoms with Crippen LogP contribution < -0.4 is 5.32 Å². The van der Waals surface area contributed by atoms with Crippen LogP contribution in [0.25, 0.3) is 0 Å². The van der Waals surface area contributed by atoms with E-state index in [0.717, 1.165) is 13.0 Å². The van der Waals surface area contributed by atoms with Crippen molar-refractivity contribution in [3.8, 4) is 0 Å². The number of likely N-dealkylation sites (tertiary alicyclic amines) is 1. The van der Waals surface area contributed by atoms with Gasteiger partial charge in [0.2, 0.25) is 0 Å². The number of para-hydroxylation sites is 1. The molecule has 2 amide bonds. The lowest BCUT2D eigenvalue weighted by Crippen LogP contribution is -2.32. The Hall–Kier alpha value is -2.95. The summed E-state index contributed by atoms with van der Waals surface area (Å²) in [6, 6.07) is 18.0. The van der Waals surface area contributed by atoms with E-state index in [1.807, 2.05) is 53.4 Å². The fourth-order valence-electron chi connectivity index (χ4n) is 2.69. The Labute approximate surface area is 141 Å². The minimum atomic E-state index is -0.407. The Bertz CT molecular complexity index is 742. The van der Waals surface area contributed by atoms with E-state index in [0.29, 0.717) is 23.5 Å². The molecule has 1 saturated heterocycles. The van der Waals surface area contributed by atoms with Gasteiger partial charge < -0.3 is 10.2 Å². The first-order chi connectivity index (χ1) is 11.7. The van der Waals surface area contributed by atoms with Gasteiger partial charge in [-0.3, -0.25) is 4.79 Å². The summed E-state index contributed by atoms with van der Waals surface area (Å²) in [6.07, 6.45) is 1.61. The SMILES string of the molecule is O=C(/N=C1\CCCN1CC(=O)c1ccccc1)Nc1ccccc1. The normalized spacial score (nSPS) is 15.5. The zero-order chi connectivity index (χ0) is 16.8. The highest BCUT2D eigenvalue weighted by Crippen LogP contribution is 2.14. The molecule has 2 aromatic rings. The molecule has 0 bridgehead atoms. The van der Waals surface area contributed by atoms with Crippen LogP contribution >= 0.6 is 0 Å². The molecule has 0 radical (unpaired) electrons. The number of ketones is 1. The van der Waals surface area contributed by atoms with Crippen molar-refractivity contribution in [2.75, 3.05) is 18.4 Å². The Kier molecular flexibility index (Phi) is 5.01. The van der Waals surface area contributed by atoms with Gasteiger partial charge in [-0.1, -0.05) is 48.5 Å². The molecule has 0 unspecified atom stereocenters. The molecule has 5 nitrogen and oxygen atoms in total. The number of urea groups is 1. The molecule has 0 aromatic heterocycles. The van der Waals surface area contributed by atoms with Gasteiger partial charge in [0.1, 0.15) is 5.84 Å². The molecule has 0 saturated carbocycles. The van der Waals surface area contributed by atoms with Gasteiger partial charge in [-0.15, -0.1) is 0 Å². The van der Waals surface area contributed by atoms with Gasteiger partial charge in [0.05, 0.1) is 6.54 Å². The van der Waals surface area contributed by atoms with Crippen molar-refractivity contribution in [2.24, 2.45) is 4.99 Å². The number of aliphatic imine (C=N–C) groups is 1. The van der Waals surface area contributed by atoms with Crippen molar-refractivity contribution in [2.45, 2.75) is 12.8 Å². The summed E-state index contributed by atoms with van der Waals surface area (Å²) in [7, 11) is 0. The summed E-state index contributed by atoms with van der Waals surface area (Å²) >= 11 is 0. The van der Waals surface area contributed by atoms with Crippen LogP contribution in [0.15, 0.2) is 65.7 Å². The summed E-state index contributed by atoms with van der Waals surface area (Å²) < 4.78 is 0. The summed E-state index contributed by atoms with van der Waals surface area (Å²) in [6.45, 7) is 0.998. The molecule has 5 heteroatoms. The molecule has 24 heavy (non-hydrogen) atoms. The molecule has 1 aliphatic rings. The largest absolute Gasteiger partial charge is 0.352 e. The number of hydrogen-bond donors (Lipinski definition) is 1. The molecule has 1 aliphatic heterocycles. The van der Waals surface area contributed by atoms with E-state index < -0.39 is 6.03 Å². The number of amides is 2. The van der Waals surface area contributed by atoms with E-state index in [9.17, 15) is 9.59 Å². The van der Waals surface area contributed by atoms with Crippen LogP contribution in [0.4, 0.5) is 10.5 Å². The zero-order valence-electron chi connectivity index (χ0n) is 13.3. The highest BCUT2D eigenvalue weighted by atomic mass is 16.2. The number of carbonyl (C=O) groups excluding carboxylic acids is 2. The maximum absolute atomic E-state index is 12.3. The summed E-state index contributed by atoms with van der Waals surface area (Å²) in [5.74, 6) is 0.710. The Morgan fingerprint density at radius 3 is 2.38 bits per heavy atom. The number of amidine groups is 1. The third kappa shape index (κ3) is 4.07. The first-order valence-corrected chi connectivity index (χ1v) is 7.99. The first kappa shape index (κ1) is 15.9. The van der Waals surface area contributed by atoms with Crippen molar-refractivity contribution in [3.05, 3.63) is 66.2 Å². The van der Waals surface area contributed by atoms with Crippen LogP contribution in [-0.4, -0.2) is 35.6 Å². The lowest BCUT2D eigenvalue weighted by molar-refractivity contribution is 0.0966. The predicted molar refractivity (Wildman–Crippen MR) is 94.5 cm³/mol. The number of benzene rings is 2. The topological polar surface area (TPSA) is 61.8 Å². The standard InChI is InChI=1S/C19H19N3O2/c23-17(15-8-3-1-4-9-15)14-22-13-7-12-18(22)21-19(24)20-16-10-5-2-6-11-16/h1-6,8-11H,7,12-14H2,(H,20,24)/b21-18+.